The number of ether oxygens (including phenoxy) is 1. The molecule has 0 saturated heterocycles. The van der Waals surface area contributed by atoms with Gasteiger partial charge < -0.3 is 10.1 Å². The van der Waals surface area contributed by atoms with E-state index in [1.54, 1.807) is 6.07 Å². The Morgan fingerprint density at radius 3 is 2.48 bits per heavy atom. The lowest BCUT2D eigenvalue weighted by molar-refractivity contribution is 0.291. The molecule has 21 heavy (non-hydrogen) atoms. The average molecular weight is 293 g/mol. The average Bonchev–Trinajstić information content (AvgIpc) is 2.47. The third-order valence-corrected chi connectivity index (χ3v) is 4.79. The van der Waals surface area contributed by atoms with E-state index in [1.165, 1.54) is 52.1 Å². The molecule has 1 atom stereocenters. The van der Waals surface area contributed by atoms with Gasteiger partial charge in [-0.2, -0.15) is 0 Å². The monoisotopic (exact) mass is 293 g/mol. The van der Waals surface area contributed by atoms with Crippen LogP contribution in [0.2, 0.25) is 0 Å². The number of methoxy groups -OCH3 is 1. The van der Waals surface area contributed by atoms with Crippen molar-refractivity contribution in [3.8, 4) is 5.75 Å². The predicted molar refractivity (Wildman–Crippen MR) is 85.3 cm³/mol. The van der Waals surface area contributed by atoms with Crippen LogP contribution in [-0.4, -0.2) is 20.2 Å². The van der Waals surface area contributed by atoms with Crippen molar-refractivity contribution in [2.75, 3.05) is 14.2 Å². The second-order valence-corrected chi connectivity index (χ2v) is 6.14. The second-order valence-electron chi connectivity index (χ2n) is 6.14. The highest BCUT2D eigenvalue weighted by Gasteiger charge is 2.22. The van der Waals surface area contributed by atoms with E-state index in [0.29, 0.717) is 17.7 Å². The van der Waals surface area contributed by atoms with Crippen molar-refractivity contribution in [2.45, 2.75) is 57.4 Å². The molecule has 1 aliphatic rings. The van der Waals surface area contributed by atoms with Gasteiger partial charge in [0.15, 0.2) is 11.6 Å². The molecule has 1 saturated carbocycles. The zero-order valence-corrected chi connectivity index (χ0v) is 13.3. The third kappa shape index (κ3) is 4.44. The van der Waals surface area contributed by atoms with Gasteiger partial charge in [0.05, 0.1) is 7.11 Å². The molecule has 1 fully saturated rings. The molecule has 2 rings (SSSR count). The molecule has 0 amide bonds. The summed E-state index contributed by atoms with van der Waals surface area (Å²) in [6.07, 6.45) is 9.95. The molecule has 1 unspecified atom stereocenters. The third-order valence-electron chi connectivity index (χ3n) is 4.79. The van der Waals surface area contributed by atoms with Crippen LogP contribution >= 0.6 is 0 Å². The van der Waals surface area contributed by atoms with Gasteiger partial charge in [-0.05, 0) is 43.9 Å². The number of likely N-dealkylation sites (N-methyl/N-ethyl adjacent to an activating group) is 1. The van der Waals surface area contributed by atoms with Crippen molar-refractivity contribution < 1.29 is 9.13 Å². The summed E-state index contributed by atoms with van der Waals surface area (Å²) >= 11 is 0. The molecule has 0 radical (unpaired) electrons. The van der Waals surface area contributed by atoms with Gasteiger partial charge >= 0.3 is 0 Å². The normalized spacial score (nSPS) is 18.8. The van der Waals surface area contributed by atoms with E-state index in [0.717, 1.165) is 12.0 Å². The number of hydrogen-bond acceptors (Lipinski definition) is 2. The Labute approximate surface area is 128 Å². The van der Waals surface area contributed by atoms with Gasteiger partial charge in [-0.3, -0.25) is 0 Å². The Hall–Kier alpha value is -1.09. The number of benzene rings is 1. The molecule has 118 valence electrons. The molecule has 0 heterocycles. The molecule has 1 aliphatic carbocycles. The Kier molecular flexibility index (Phi) is 6.50. The number of halogens is 1. The number of hydrogen-bond donors (Lipinski definition) is 1. The molecular weight excluding hydrogens is 265 g/mol. The number of rotatable bonds is 5. The number of nitrogens with one attached hydrogen (secondary N) is 1. The minimum atomic E-state index is -0.203. The van der Waals surface area contributed by atoms with Crippen molar-refractivity contribution in [3.63, 3.8) is 0 Å². The van der Waals surface area contributed by atoms with Crippen molar-refractivity contribution >= 4 is 0 Å². The highest BCUT2D eigenvalue weighted by atomic mass is 19.1. The van der Waals surface area contributed by atoms with Crippen LogP contribution in [-0.2, 0) is 6.42 Å². The van der Waals surface area contributed by atoms with Gasteiger partial charge in [-0.25, -0.2) is 4.39 Å². The minimum absolute atomic E-state index is 0.203. The van der Waals surface area contributed by atoms with Crippen LogP contribution in [0.4, 0.5) is 4.39 Å². The molecule has 3 heteroatoms. The topological polar surface area (TPSA) is 21.3 Å². The maximum Gasteiger partial charge on any atom is 0.168 e. The lowest BCUT2D eigenvalue weighted by Crippen LogP contribution is -2.36. The van der Waals surface area contributed by atoms with E-state index in [-0.39, 0.29) is 5.82 Å². The fourth-order valence-electron chi connectivity index (χ4n) is 3.50. The van der Waals surface area contributed by atoms with Gasteiger partial charge in [0.25, 0.3) is 0 Å². The van der Waals surface area contributed by atoms with Gasteiger partial charge in [0.1, 0.15) is 0 Å². The summed E-state index contributed by atoms with van der Waals surface area (Å²) in [4.78, 5) is 0. The quantitative estimate of drug-likeness (QED) is 0.872. The molecule has 0 aliphatic heterocycles. The zero-order valence-electron chi connectivity index (χ0n) is 13.3. The molecule has 0 bridgehead atoms. The predicted octanol–water partition coefficient (Wildman–Crippen LogP) is 4.33. The van der Waals surface area contributed by atoms with Crippen LogP contribution in [0.15, 0.2) is 18.2 Å². The van der Waals surface area contributed by atoms with E-state index in [2.05, 4.69) is 5.32 Å². The first-order chi connectivity index (χ1) is 10.3. The Morgan fingerprint density at radius 2 is 1.86 bits per heavy atom. The first-order valence-corrected chi connectivity index (χ1v) is 8.25. The standard InChI is InChI=1S/C18H28FNO/c1-20-16(14-9-6-4-3-5-7-10-14)13-15-11-8-12-17(21-2)18(15)19/h8,11-12,14,16,20H,3-7,9-10,13H2,1-2H3. The van der Waals surface area contributed by atoms with E-state index in [4.69, 9.17) is 4.74 Å². The van der Waals surface area contributed by atoms with Crippen LogP contribution in [0.1, 0.15) is 50.5 Å². The SMILES string of the molecule is CNC(Cc1cccc(OC)c1F)C1CCCCCCC1. The van der Waals surface area contributed by atoms with Gasteiger partial charge in [-0.1, -0.05) is 44.2 Å². The maximum absolute atomic E-state index is 14.3. The van der Waals surface area contributed by atoms with E-state index in [9.17, 15) is 4.39 Å². The van der Waals surface area contributed by atoms with Crippen molar-refractivity contribution in [1.29, 1.82) is 0 Å². The van der Waals surface area contributed by atoms with Crippen molar-refractivity contribution in [1.82, 2.24) is 5.32 Å². The van der Waals surface area contributed by atoms with E-state index in [1.807, 2.05) is 19.2 Å². The maximum atomic E-state index is 14.3. The Morgan fingerprint density at radius 1 is 1.19 bits per heavy atom. The fraction of sp³-hybridized carbons (Fsp3) is 0.667. The minimum Gasteiger partial charge on any atom is -0.494 e. The largest absolute Gasteiger partial charge is 0.494 e. The lowest BCUT2D eigenvalue weighted by atomic mass is 9.83. The fourth-order valence-corrected chi connectivity index (χ4v) is 3.50. The van der Waals surface area contributed by atoms with Gasteiger partial charge in [0.2, 0.25) is 0 Å². The highest BCUT2D eigenvalue weighted by Crippen LogP contribution is 2.28. The molecular formula is C18H28FNO. The Bertz CT molecular complexity index is 427. The summed E-state index contributed by atoms with van der Waals surface area (Å²) in [6.45, 7) is 0. The molecule has 0 spiro atoms. The van der Waals surface area contributed by atoms with Crippen molar-refractivity contribution in [2.24, 2.45) is 5.92 Å². The summed E-state index contributed by atoms with van der Waals surface area (Å²) in [5, 5.41) is 3.43. The van der Waals surface area contributed by atoms with Crippen LogP contribution in [0.3, 0.4) is 0 Å². The second kappa shape index (κ2) is 8.38. The van der Waals surface area contributed by atoms with Crippen molar-refractivity contribution in [3.05, 3.63) is 29.6 Å². The van der Waals surface area contributed by atoms with E-state index >= 15 is 0 Å². The van der Waals surface area contributed by atoms with Crippen LogP contribution < -0.4 is 10.1 Å². The van der Waals surface area contributed by atoms with Gasteiger partial charge in [-0.15, -0.1) is 0 Å². The lowest BCUT2D eigenvalue weighted by Gasteiger charge is -2.29. The van der Waals surface area contributed by atoms with Gasteiger partial charge in [0, 0.05) is 6.04 Å². The van der Waals surface area contributed by atoms with E-state index < -0.39 is 0 Å². The smallest absolute Gasteiger partial charge is 0.168 e. The molecule has 0 aromatic heterocycles. The first kappa shape index (κ1) is 16.3. The molecule has 1 aromatic carbocycles. The summed E-state index contributed by atoms with van der Waals surface area (Å²) in [6, 6.07) is 5.79. The zero-order chi connectivity index (χ0) is 15.1. The summed E-state index contributed by atoms with van der Waals surface area (Å²) < 4.78 is 19.4. The van der Waals surface area contributed by atoms with Crippen LogP contribution in [0.5, 0.6) is 5.75 Å². The summed E-state index contributed by atoms with van der Waals surface area (Å²) in [5.74, 6) is 0.798. The van der Waals surface area contributed by atoms with Crippen LogP contribution in [0.25, 0.3) is 0 Å². The summed E-state index contributed by atoms with van der Waals surface area (Å²) in [5.41, 5.74) is 0.760. The highest BCUT2D eigenvalue weighted by molar-refractivity contribution is 5.31. The molecule has 1 N–H and O–H groups in total. The Balaban J connectivity index is 2.07. The first-order valence-electron chi connectivity index (χ1n) is 8.25. The summed E-state index contributed by atoms with van der Waals surface area (Å²) in [7, 11) is 3.52. The molecule has 1 aromatic rings. The molecule has 2 nitrogen and oxygen atoms in total. The van der Waals surface area contributed by atoms with Crippen LogP contribution in [0, 0.1) is 11.7 Å².